The summed E-state index contributed by atoms with van der Waals surface area (Å²) >= 11 is 3.33. The van der Waals surface area contributed by atoms with Gasteiger partial charge in [0.05, 0.1) is 24.7 Å². The van der Waals surface area contributed by atoms with Crippen molar-refractivity contribution in [3.8, 4) is 0 Å². The Morgan fingerprint density at radius 3 is 2.39 bits per heavy atom. The molecule has 1 fully saturated rings. The molecule has 0 aromatic heterocycles. The second kappa shape index (κ2) is 11.2. The standard InChI is InChI=1S/C22H28BrN3O4S/c1-18-2-4-19(5-3-18)16-26(31(28,29)21-8-6-20(23)7-9-21)17-22(27)24-10-11-25-12-14-30-15-13-25/h2-9H,10-17H2,1H3,(H,24,27). The molecule has 1 amide bonds. The summed E-state index contributed by atoms with van der Waals surface area (Å²) in [7, 11) is -3.84. The van der Waals surface area contributed by atoms with E-state index in [0.717, 1.165) is 28.7 Å². The fourth-order valence-corrected chi connectivity index (χ4v) is 4.92. The van der Waals surface area contributed by atoms with Gasteiger partial charge in [0.1, 0.15) is 0 Å². The van der Waals surface area contributed by atoms with Crippen LogP contribution in [0.2, 0.25) is 0 Å². The third-order valence-corrected chi connectivity index (χ3v) is 7.44. The van der Waals surface area contributed by atoms with E-state index in [1.165, 1.54) is 16.4 Å². The van der Waals surface area contributed by atoms with Crippen molar-refractivity contribution in [2.75, 3.05) is 45.9 Å². The van der Waals surface area contributed by atoms with E-state index in [4.69, 9.17) is 4.74 Å². The van der Waals surface area contributed by atoms with E-state index in [9.17, 15) is 13.2 Å². The highest BCUT2D eigenvalue weighted by molar-refractivity contribution is 9.10. The molecule has 31 heavy (non-hydrogen) atoms. The zero-order valence-electron chi connectivity index (χ0n) is 17.6. The average molecular weight is 510 g/mol. The van der Waals surface area contributed by atoms with Crippen molar-refractivity contribution in [1.82, 2.24) is 14.5 Å². The molecular formula is C22H28BrN3O4S. The van der Waals surface area contributed by atoms with Crippen LogP contribution in [-0.4, -0.2) is 69.5 Å². The maximum Gasteiger partial charge on any atom is 0.243 e. The molecule has 3 rings (SSSR count). The van der Waals surface area contributed by atoms with Crippen LogP contribution in [0.4, 0.5) is 0 Å². The number of sulfonamides is 1. The van der Waals surface area contributed by atoms with Crippen LogP contribution in [0, 0.1) is 6.92 Å². The summed E-state index contributed by atoms with van der Waals surface area (Å²) in [5, 5.41) is 2.85. The minimum atomic E-state index is -3.84. The number of nitrogens with one attached hydrogen (secondary N) is 1. The quantitative estimate of drug-likeness (QED) is 0.561. The summed E-state index contributed by atoms with van der Waals surface area (Å²) in [5.41, 5.74) is 1.92. The molecule has 0 aliphatic carbocycles. The summed E-state index contributed by atoms with van der Waals surface area (Å²) < 4.78 is 33.9. The minimum Gasteiger partial charge on any atom is -0.379 e. The van der Waals surface area contributed by atoms with Crippen LogP contribution in [0.5, 0.6) is 0 Å². The van der Waals surface area contributed by atoms with E-state index >= 15 is 0 Å². The predicted molar refractivity (Wildman–Crippen MR) is 123 cm³/mol. The van der Waals surface area contributed by atoms with Crippen molar-refractivity contribution >= 4 is 31.9 Å². The van der Waals surface area contributed by atoms with E-state index in [0.29, 0.717) is 26.3 Å². The van der Waals surface area contributed by atoms with Crippen LogP contribution in [0.1, 0.15) is 11.1 Å². The van der Waals surface area contributed by atoms with Gasteiger partial charge in [-0.3, -0.25) is 9.69 Å². The predicted octanol–water partition coefficient (Wildman–Crippen LogP) is 2.40. The average Bonchev–Trinajstić information content (AvgIpc) is 2.76. The van der Waals surface area contributed by atoms with Gasteiger partial charge in [-0.1, -0.05) is 45.8 Å². The fourth-order valence-electron chi connectivity index (χ4n) is 3.27. The number of carbonyl (C=O) groups excluding carboxylic acids is 1. The first kappa shape index (κ1) is 23.9. The van der Waals surface area contributed by atoms with Crippen molar-refractivity contribution in [1.29, 1.82) is 0 Å². The van der Waals surface area contributed by atoms with Crippen molar-refractivity contribution in [2.45, 2.75) is 18.4 Å². The van der Waals surface area contributed by atoms with Crippen molar-refractivity contribution in [3.05, 3.63) is 64.1 Å². The van der Waals surface area contributed by atoms with Crippen LogP contribution in [0.15, 0.2) is 57.9 Å². The monoisotopic (exact) mass is 509 g/mol. The van der Waals surface area contributed by atoms with Gasteiger partial charge in [0.25, 0.3) is 0 Å². The van der Waals surface area contributed by atoms with Gasteiger partial charge in [-0.15, -0.1) is 0 Å². The number of hydrogen-bond donors (Lipinski definition) is 1. The Bertz CT molecular complexity index is 959. The summed E-state index contributed by atoms with van der Waals surface area (Å²) in [4.78, 5) is 15.0. The number of aryl methyl sites for hydroxylation is 1. The molecular weight excluding hydrogens is 482 g/mol. The molecule has 0 bridgehead atoms. The van der Waals surface area contributed by atoms with Gasteiger partial charge < -0.3 is 10.1 Å². The topological polar surface area (TPSA) is 79.0 Å². The highest BCUT2D eigenvalue weighted by Gasteiger charge is 2.27. The summed E-state index contributed by atoms with van der Waals surface area (Å²) in [5.74, 6) is -0.318. The van der Waals surface area contributed by atoms with Gasteiger partial charge in [-0.05, 0) is 36.8 Å². The van der Waals surface area contributed by atoms with E-state index in [1.807, 2.05) is 31.2 Å². The lowest BCUT2D eigenvalue weighted by Crippen LogP contribution is -2.44. The molecule has 0 atom stereocenters. The highest BCUT2D eigenvalue weighted by Crippen LogP contribution is 2.21. The van der Waals surface area contributed by atoms with E-state index in [1.54, 1.807) is 12.1 Å². The second-order valence-electron chi connectivity index (χ2n) is 7.52. The van der Waals surface area contributed by atoms with Crippen LogP contribution in [0.25, 0.3) is 0 Å². The zero-order valence-corrected chi connectivity index (χ0v) is 20.0. The number of amides is 1. The molecule has 1 aliphatic rings. The Morgan fingerprint density at radius 1 is 1.10 bits per heavy atom. The highest BCUT2D eigenvalue weighted by atomic mass is 79.9. The number of benzene rings is 2. The lowest BCUT2D eigenvalue weighted by Gasteiger charge is -2.27. The van der Waals surface area contributed by atoms with Crippen molar-refractivity contribution in [2.24, 2.45) is 0 Å². The molecule has 7 nitrogen and oxygen atoms in total. The fraction of sp³-hybridized carbons (Fsp3) is 0.409. The third-order valence-electron chi connectivity index (χ3n) is 5.10. The third kappa shape index (κ3) is 7.11. The molecule has 168 valence electrons. The molecule has 9 heteroatoms. The lowest BCUT2D eigenvalue weighted by molar-refractivity contribution is -0.121. The first-order valence-electron chi connectivity index (χ1n) is 10.2. The van der Waals surface area contributed by atoms with Gasteiger partial charge in [-0.2, -0.15) is 4.31 Å². The zero-order chi connectivity index (χ0) is 22.3. The number of morpholine rings is 1. The summed E-state index contributed by atoms with van der Waals surface area (Å²) in [6, 6.07) is 14.1. The Hall–Kier alpha value is -1.78. The normalized spacial score (nSPS) is 15.2. The van der Waals surface area contributed by atoms with Gasteiger partial charge in [-0.25, -0.2) is 8.42 Å². The molecule has 0 unspecified atom stereocenters. The first-order chi connectivity index (χ1) is 14.8. The van der Waals surface area contributed by atoms with Crippen LogP contribution < -0.4 is 5.32 Å². The Kier molecular flexibility index (Phi) is 8.62. The number of rotatable bonds is 9. The number of ether oxygens (including phenoxy) is 1. The van der Waals surface area contributed by atoms with E-state index in [2.05, 4.69) is 26.1 Å². The number of hydrogen-bond acceptors (Lipinski definition) is 5. The second-order valence-corrected chi connectivity index (χ2v) is 10.4. The maximum atomic E-state index is 13.3. The molecule has 1 heterocycles. The summed E-state index contributed by atoms with van der Waals surface area (Å²) in [6.45, 7) is 6.11. The summed E-state index contributed by atoms with van der Waals surface area (Å²) in [6.07, 6.45) is 0. The Labute approximate surface area is 192 Å². The molecule has 1 saturated heterocycles. The van der Waals surface area contributed by atoms with E-state index in [-0.39, 0.29) is 23.9 Å². The van der Waals surface area contributed by atoms with Crippen molar-refractivity contribution < 1.29 is 17.9 Å². The number of carbonyl (C=O) groups is 1. The molecule has 0 spiro atoms. The SMILES string of the molecule is Cc1ccc(CN(CC(=O)NCCN2CCOCC2)S(=O)(=O)c2ccc(Br)cc2)cc1. The van der Waals surface area contributed by atoms with E-state index < -0.39 is 10.0 Å². The Morgan fingerprint density at radius 2 is 1.74 bits per heavy atom. The molecule has 2 aromatic carbocycles. The minimum absolute atomic E-state index is 0.121. The smallest absolute Gasteiger partial charge is 0.243 e. The molecule has 1 N–H and O–H groups in total. The van der Waals surface area contributed by atoms with Gasteiger partial charge in [0, 0.05) is 37.2 Å². The first-order valence-corrected chi connectivity index (χ1v) is 12.5. The molecule has 2 aromatic rings. The van der Waals surface area contributed by atoms with Crippen LogP contribution in [-0.2, 0) is 26.1 Å². The maximum absolute atomic E-state index is 13.3. The van der Waals surface area contributed by atoms with Crippen LogP contribution >= 0.6 is 15.9 Å². The number of nitrogens with zero attached hydrogens (tertiary/aromatic N) is 2. The van der Waals surface area contributed by atoms with Gasteiger partial charge in [0.2, 0.25) is 15.9 Å². The molecule has 0 radical (unpaired) electrons. The van der Waals surface area contributed by atoms with Gasteiger partial charge in [0.15, 0.2) is 0 Å². The number of halogens is 1. The molecule has 0 saturated carbocycles. The van der Waals surface area contributed by atoms with Gasteiger partial charge >= 0.3 is 0 Å². The van der Waals surface area contributed by atoms with Crippen molar-refractivity contribution in [3.63, 3.8) is 0 Å². The largest absolute Gasteiger partial charge is 0.379 e. The molecule has 1 aliphatic heterocycles. The lowest BCUT2D eigenvalue weighted by atomic mass is 10.1. The Balaban J connectivity index is 1.69. The van der Waals surface area contributed by atoms with Crippen LogP contribution in [0.3, 0.4) is 0 Å².